The summed E-state index contributed by atoms with van der Waals surface area (Å²) in [5, 5.41) is 1.38. The van der Waals surface area contributed by atoms with Gasteiger partial charge in [-0.15, -0.1) is 0 Å². The Hall–Kier alpha value is -2.95. The number of H-pyrrole nitrogens is 1. The van der Waals surface area contributed by atoms with Gasteiger partial charge in [0.2, 0.25) is 0 Å². The molecule has 0 amide bonds. The fourth-order valence-electron chi connectivity index (χ4n) is 2.50. The van der Waals surface area contributed by atoms with E-state index in [0.29, 0.717) is 22.7 Å². The van der Waals surface area contributed by atoms with Crippen LogP contribution >= 0.6 is 0 Å². The Morgan fingerprint density at radius 2 is 1.71 bits per heavy atom. The van der Waals surface area contributed by atoms with Crippen molar-refractivity contribution < 1.29 is 4.39 Å². The standard InChI is InChI=1S/C16H11FN4/c17-12-6-5-11(9-3-1-2-4-10(9)12)15-19-13-7-8-14(18)20-16(13)21-15/h1-8H,(H3,18,19,20,21). The second-order valence-electron chi connectivity index (χ2n) is 4.83. The van der Waals surface area contributed by atoms with Crippen LogP contribution in [-0.4, -0.2) is 15.0 Å². The van der Waals surface area contributed by atoms with Crippen molar-refractivity contribution in [2.24, 2.45) is 0 Å². The molecule has 0 saturated heterocycles. The van der Waals surface area contributed by atoms with Crippen LogP contribution in [0.5, 0.6) is 0 Å². The maximum atomic E-state index is 13.9. The summed E-state index contributed by atoms with van der Waals surface area (Å²) >= 11 is 0. The number of rotatable bonds is 1. The summed E-state index contributed by atoms with van der Waals surface area (Å²) in [5.74, 6) is 0.830. The third-order valence-electron chi connectivity index (χ3n) is 3.49. The van der Waals surface area contributed by atoms with E-state index in [9.17, 15) is 4.39 Å². The van der Waals surface area contributed by atoms with E-state index in [0.717, 1.165) is 16.5 Å². The first-order valence-corrected chi connectivity index (χ1v) is 6.52. The number of halogens is 1. The molecule has 4 rings (SSSR count). The third kappa shape index (κ3) is 1.82. The number of hydrogen-bond donors (Lipinski definition) is 2. The van der Waals surface area contributed by atoms with Gasteiger partial charge in [-0.25, -0.2) is 14.4 Å². The minimum Gasteiger partial charge on any atom is -0.384 e. The van der Waals surface area contributed by atoms with Gasteiger partial charge in [0.25, 0.3) is 0 Å². The van der Waals surface area contributed by atoms with Gasteiger partial charge >= 0.3 is 0 Å². The van der Waals surface area contributed by atoms with E-state index < -0.39 is 0 Å². The molecule has 4 nitrogen and oxygen atoms in total. The molecule has 4 aromatic rings. The quantitative estimate of drug-likeness (QED) is 0.560. The second-order valence-corrected chi connectivity index (χ2v) is 4.83. The number of benzene rings is 2. The Morgan fingerprint density at radius 3 is 2.57 bits per heavy atom. The van der Waals surface area contributed by atoms with Gasteiger partial charge in [-0.05, 0) is 29.7 Å². The van der Waals surface area contributed by atoms with Crippen molar-refractivity contribution in [1.29, 1.82) is 0 Å². The molecule has 0 fully saturated rings. The lowest BCUT2D eigenvalue weighted by Gasteiger charge is -2.04. The fraction of sp³-hybridized carbons (Fsp3) is 0. The number of anilines is 1. The Balaban J connectivity index is 2.02. The van der Waals surface area contributed by atoms with Gasteiger partial charge in [0.1, 0.15) is 17.5 Å². The van der Waals surface area contributed by atoms with Crippen molar-refractivity contribution in [3.63, 3.8) is 0 Å². The molecule has 0 unspecified atom stereocenters. The Kier molecular flexibility index (Phi) is 2.41. The lowest BCUT2D eigenvalue weighted by atomic mass is 10.0. The predicted molar refractivity (Wildman–Crippen MR) is 81.2 cm³/mol. The van der Waals surface area contributed by atoms with Crippen LogP contribution in [-0.2, 0) is 0 Å². The van der Waals surface area contributed by atoms with E-state index in [1.54, 1.807) is 18.2 Å². The van der Waals surface area contributed by atoms with Crippen LogP contribution in [0.2, 0.25) is 0 Å². The summed E-state index contributed by atoms with van der Waals surface area (Å²) in [6, 6.07) is 14.0. The third-order valence-corrected chi connectivity index (χ3v) is 3.49. The number of aromatic amines is 1. The average Bonchev–Trinajstić information content (AvgIpc) is 2.90. The minimum absolute atomic E-state index is 0.243. The van der Waals surface area contributed by atoms with Crippen LogP contribution in [0.1, 0.15) is 0 Å². The molecule has 0 aliphatic heterocycles. The SMILES string of the molecule is Nc1ccc2[nH]c(-c3ccc(F)c4ccccc34)nc2n1. The molecule has 0 bridgehead atoms. The molecule has 0 saturated carbocycles. The van der Waals surface area contributed by atoms with Crippen molar-refractivity contribution in [3.8, 4) is 11.4 Å². The van der Waals surface area contributed by atoms with Gasteiger partial charge in [0, 0.05) is 10.9 Å². The minimum atomic E-state index is -0.243. The number of nitrogens with one attached hydrogen (secondary N) is 1. The van der Waals surface area contributed by atoms with Gasteiger partial charge in [0.15, 0.2) is 5.65 Å². The van der Waals surface area contributed by atoms with Crippen molar-refractivity contribution in [3.05, 3.63) is 54.3 Å². The van der Waals surface area contributed by atoms with Crippen molar-refractivity contribution >= 4 is 27.8 Å². The van der Waals surface area contributed by atoms with Crippen LogP contribution in [0.15, 0.2) is 48.5 Å². The van der Waals surface area contributed by atoms with Gasteiger partial charge in [0.05, 0.1) is 5.52 Å². The average molecular weight is 278 g/mol. The summed E-state index contributed by atoms with van der Waals surface area (Å²) in [6.07, 6.45) is 0. The van der Waals surface area contributed by atoms with Gasteiger partial charge in [-0.1, -0.05) is 24.3 Å². The van der Waals surface area contributed by atoms with Crippen molar-refractivity contribution in [1.82, 2.24) is 15.0 Å². The van der Waals surface area contributed by atoms with E-state index in [2.05, 4.69) is 15.0 Å². The number of nitrogens with two attached hydrogens (primary N) is 1. The highest BCUT2D eigenvalue weighted by Gasteiger charge is 2.11. The number of aromatic nitrogens is 3. The molecule has 21 heavy (non-hydrogen) atoms. The first kappa shape index (κ1) is 11.8. The van der Waals surface area contributed by atoms with Crippen LogP contribution in [0.25, 0.3) is 33.3 Å². The van der Waals surface area contributed by atoms with E-state index in [1.165, 1.54) is 6.07 Å². The van der Waals surface area contributed by atoms with Crippen molar-refractivity contribution in [2.45, 2.75) is 0 Å². The van der Waals surface area contributed by atoms with E-state index in [-0.39, 0.29) is 5.82 Å². The molecule has 2 heterocycles. The Labute approximate surface area is 119 Å². The van der Waals surface area contributed by atoms with E-state index in [1.807, 2.05) is 24.3 Å². The number of fused-ring (bicyclic) bond motifs is 2. The predicted octanol–water partition coefficient (Wildman–Crippen LogP) is 3.50. The van der Waals surface area contributed by atoms with E-state index in [4.69, 9.17) is 5.73 Å². The highest BCUT2D eigenvalue weighted by molar-refractivity contribution is 5.96. The summed E-state index contributed by atoms with van der Waals surface area (Å²) in [4.78, 5) is 11.8. The van der Waals surface area contributed by atoms with Crippen LogP contribution in [0.4, 0.5) is 10.2 Å². The first-order chi connectivity index (χ1) is 10.2. The van der Waals surface area contributed by atoms with Gasteiger partial charge < -0.3 is 10.7 Å². The molecule has 5 heteroatoms. The van der Waals surface area contributed by atoms with Gasteiger partial charge in [-0.2, -0.15) is 0 Å². The number of nitrogen functional groups attached to an aromatic ring is 1. The first-order valence-electron chi connectivity index (χ1n) is 6.52. The maximum absolute atomic E-state index is 13.9. The molecule has 3 N–H and O–H groups in total. The maximum Gasteiger partial charge on any atom is 0.180 e. The second kappa shape index (κ2) is 4.28. The number of imidazole rings is 1. The summed E-state index contributed by atoms with van der Waals surface area (Å²) in [6.45, 7) is 0. The normalized spacial score (nSPS) is 11.3. The molecule has 0 aliphatic rings. The highest BCUT2D eigenvalue weighted by atomic mass is 19.1. The summed E-state index contributed by atoms with van der Waals surface area (Å²) < 4.78 is 13.9. The summed E-state index contributed by atoms with van der Waals surface area (Å²) in [5.41, 5.74) is 7.86. The molecule has 0 radical (unpaired) electrons. The number of nitrogens with zero attached hydrogens (tertiary/aromatic N) is 2. The van der Waals surface area contributed by atoms with E-state index >= 15 is 0 Å². The van der Waals surface area contributed by atoms with Crippen LogP contribution < -0.4 is 5.73 Å². The molecule has 102 valence electrons. The molecule has 0 atom stereocenters. The van der Waals surface area contributed by atoms with Crippen LogP contribution in [0, 0.1) is 5.82 Å². The topological polar surface area (TPSA) is 67.6 Å². The lowest BCUT2D eigenvalue weighted by Crippen LogP contribution is -1.88. The van der Waals surface area contributed by atoms with Crippen LogP contribution in [0.3, 0.4) is 0 Å². The zero-order valence-corrected chi connectivity index (χ0v) is 11.0. The largest absolute Gasteiger partial charge is 0.384 e. The molecular weight excluding hydrogens is 267 g/mol. The lowest BCUT2D eigenvalue weighted by molar-refractivity contribution is 0.640. The number of pyridine rings is 1. The fourth-order valence-corrected chi connectivity index (χ4v) is 2.50. The number of hydrogen-bond acceptors (Lipinski definition) is 3. The smallest absolute Gasteiger partial charge is 0.180 e. The Bertz CT molecular complexity index is 975. The molecular formula is C16H11FN4. The molecule has 0 spiro atoms. The monoisotopic (exact) mass is 278 g/mol. The van der Waals surface area contributed by atoms with Gasteiger partial charge in [-0.3, -0.25) is 0 Å². The summed E-state index contributed by atoms with van der Waals surface area (Å²) in [7, 11) is 0. The van der Waals surface area contributed by atoms with Crippen molar-refractivity contribution in [2.75, 3.05) is 5.73 Å². The zero-order valence-electron chi connectivity index (χ0n) is 11.0. The zero-order chi connectivity index (χ0) is 14.4. The Morgan fingerprint density at radius 1 is 0.905 bits per heavy atom. The molecule has 0 aliphatic carbocycles. The molecule has 2 aromatic carbocycles. The highest BCUT2D eigenvalue weighted by Crippen LogP contribution is 2.29. The molecule has 2 aromatic heterocycles.